The van der Waals surface area contributed by atoms with Crippen LogP contribution in [0, 0.1) is 0 Å². The quantitative estimate of drug-likeness (QED) is 0.740. The molecule has 1 aromatic carbocycles. The van der Waals surface area contributed by atoms with Crippen molar-refractivity contribution in [2.45, 2.75) is 19.3 Å². The van der Waals surface area contributed by atoms with Crippen LogP contribution in [0.1, 0.15) is 29.6 Å². The molecule has 5 heteroatoms. The second kappa shape index (κ2) is 8.83. The van der Waals surface area contributed by atoms with Crippen LogP contribution in [0.3, 0.4) is 0 Å². The molecule has 0 bridgehead atoms. The first kappa shape index (κ1) is 15.9. The van der Waals surface area contributed by atoms with Crippen molar-refractivity contribution in [2.24, 2.45) is 0 Å². The number of halogens is 2. The van der Waals surface area contributed by atoms with Gasteiger partial charge in [-0.3, -0.25) is 4.79 Å². The van der Waals surface area contributed by atoms with Crippen LogP contribution in [0.2, 0.25) is 5.02 Å². The average molecular weight is 351 g/mol. The second-order valence-corrected chi connectivity index (χ2v) is 6.19. The molecular formula is C13H17BrClNOS. The summed E-state index contributed by atoms with van der Waals surface area (Å²) in [5.74, 6) is 1.13. The van der Waals surface area contributed by atoms with Crippen LogP contribution in [-0.4, -0.2) is 24.5 Å². The average Bonchev–Trinajstić information content (AvgIpc) is 2.36. The molecule has 0 unspecified atom stereocenters. The van der Waals surface area contributed by atoms with E-state index in [1.54, 1.807) is 18.2 Å². The van der Waals surface area contributed by atoms with Gasteiger partial charge in [0.2, 0.25) is 0 Å². The maximum Gasteiger partial charge on any atom is 0.251 e. The van der Waals surface area contributed by atoms with Gasteiger partial charge in [0, 0.05) is 16.6 Å². The van der Waals surface area contributed by atoms with Crippen molar-refractivity contribution in [3.8, 4) is 0 Å². The highest BCUT2D eigenvalue weighted by Gasteiger charge is 2.06. The lowest BCUT2D eigenvalue weighted by atomic mass is 10.2. The Balaban J connectivity index is 2.30. The van der Waals surface area contributed by atoms with Crippen LogP contribution in [0.5, 0.6) is 0 Å². The van der Waals surface area contributed by atoms with E-state index in [2.05, 4.69) is 27.5 Å². The van der Waals surface area contributed by atoms with Crippen molar-refractivity contribution in [1.29, 1.82) is 0 Å². The molecule has 0 fully saturated rings. The van der Waals surface area contributed by atoms with Gasteiger partial charge in [-0.2, -0.15) is 11.8 Å². The van der Waals surface area contributed by atoms with Gasteiger partial charge in [0.25, 0.3) is 5.91 Å². The Morgan fingerprint density at radius 1 is 1.39 bits per heavy atom. The molecule has 18 heavy (non-hydrogen) atoms. The molecule has 0 aliphatic carbocycles. The number of rotatable bonds is 7. The number of thioether (sulfide) groups is 1. The zero-order chi connectivity index (χ0) is 13.4. The molecule has 0 aliphatic rings. The Hall–Kier alpha value is -0.190. The molecule has 0 spiro atoms. The molecular weight excluding hydrogens is 334 g/mol. The first-order valence-corrected chi connectivity index (χ1v) is 8.44. The fourth-order valence-electron chi connectivity index (χ4n) is 1.49. The van der Waals surface area contributed by atoms with Crippen LogP contribution < -0.4 is 5.32 Å². The highest BCUT2D eigenvalue weighted by molar-refractivity contribution is 9.10. The van der Waals surface area contributed by atoms with Gasteiger partial charge in [-0.05, 0) is 59.0 Å². The van der Waals surface area contributed by atoms with E-state index < -0.39 is 0 Å². The number of unbranched alkanes of at least 4 members (excludes halogenated alkanes) is 2. The van der Waals surface area contributed by atoms with Crippen molar-refractivity contribution in [3.05, 3.63) is 33.3 Å². The third-order valence-corrected chi connectivity index (χ3v) is 4.42. The van der Waals surface area contributed by atoms with Crippen LogP contribution in [-0.2, 0) is 0 Å². The van der Waals surface area contributed by atoms with Crippen molar-refractivity contribution in [2.75, 3.05) is 18.6 Å². The van der Waals surface area contributed by atoms with E-state index in [1.165, 1.54) is 12.2 Å². The summed E-state index contributed by atoms with van der Waals surface area (Å²) in [6.07, 6.45) is 5.50. The Labute approximate surface area is 126 Å². The van der Waals surface area contributed by atoms with Gasteiger partial charge < -0.3 is 5.32 Å². The lowest BCUT2D eigenvalue weighted by molar-refractivity contribution is 0.0953. The van der Waals surface area contributed by atoms with Gasteiger partial charge in [-0.1, -0.05) is 18.0 Å². The number of hydrogen-bond acceptors (Lipinski definition) is 2. The molecule has 1 N–H and O–H groups in total. The molecule has 0 aliphatic heterocycles. The summed E-state index contributed by atoms with van der Waals surface area (Å²) in [7, 11) is 0. The van der Waals surface area contributed by atoms with Crippen LogP contribution >= 0.6 is 39.3 Å². The highest BCUT2D eigenvalue weighted by Crippen LogP contribution is 2.23. The Bertz CT molecular complexity index is 401. The summed E-state index contributed by atoms with van der Waals surface area (Å²) in [6, 6.07) is 5.23. The zero-order valence-corrected chi connectivity index (χ0v) is 13.5. The zero-order valence-electron chi connectivity index (χ0n) is 10.3. The van der Waals surface area contributed by atoms with Crippen LogP contribution in [0.25, 0.3) is 0 Å². The van der Waals surface area contributed by atoms with E-state index in [-0.39, 0.29) is 5.91 Å². The molecule has 1 aromatic rings. The molecule has 0 radical (unpaired) electrons. The molecule has 0 saturated heterocycles. The Morgan fingerprint density at radius 2 is 2.17 bits per heavy atom. The van der Waals surface area contributed by atoms with Crippen molar-refractivity contribution in [3.63, 3.8) is 0 Å². The minimum atomic E-state index is -0.0609. The number of nitrogens with one attached hydrogen (secondary N) is 1. The van der Waals surface area contributed by atoms with E-state index in [9.17, 15) is 4.79 Å². The van der Waals surface area contributed by atoms with Crippen LogP contribution in [0.15, 0.2) is 22.7 Å². The third-order valence-electron chi connectivity index (χ3n) is 2.49. The van der Waals surface area contributed by atoms with Gasteiger partial charge >= 0.3 is 0 Å². The number of carbonyl (C=O) groups excluding carboxylic acids is 1. The maximum absolute atomic E-state index is 11.8. The van der Waals surface area contributed by atoms with E-state index in [1.807, 2.05) is 11.8 Å². The minimum Gasteiger partial charge on any atom is -0.352 e. The molecule has 1 amide bonds. The molecule has 1 rings (SSSR count). The highest BCUT2D eigenvalue weighted by atomic mass is 79.9. The topological polar surface area (TPSA) is 29.1 Å². The van der Waals surface area contributed by atoms with E-state index in [4.69, 9.17) is 11.6 Å². The number of hydrogen-bond donors (Lipinski definition) is 1. The van der Waals surface area contributed by atoms with Gasteiger partial charge in [0.05, 0.1) is 5.02 Å². The van der Waals surface area contributed by atoms with Crippen LogP contribution in [0.4, 0.5) is 0 Å². The SMILES string of the molecule is CSCCCCCNC(=O)c1ccc(Br)c(Cl)c1. The van der Waals surface area contributed by atoms with Gasteiger partial charge in [-0.15, -0.1) is 0 Å². The standard InChI is InChI=1S/C13H17BrClNOS/c1-18-8-4-2-3-7-16-13(17)10-5-6-11(14)12(15)9-10/h5-6,9H,2-4,7-8H2,1H3,(H,16,17). The normalized spacial score (nSPS) is 10.4. The number of amides is 1. The molecule has 0 heterocycles. The van der Waals surface area contributed by atoms with Crippen molar-refractivity contribution < 1.29 is 4.79 Å². The smallest absolute Gasteiger partial charge is 0.251 e. The molecule has 0 saturated carbocycles. The largest absolute Gasteiger partial charge is 0.352 e. The van der Waals surface area contributed by atoms with E-state index >= 15 is 0 Å². The van der Waals surface area contributed by atoms with Crippen molar-refractivity contribution in [1.82, 2.24) is 5.32 Å². The molecule has 0 atom stereocenters. The fourth-order valence-corrected chi connectivity index (χ4v) is 2.41. The predicted molar refractivity (Wildman–Crippen MR) is 83.7 cm³/mol. The van der Waals surface area contributed by atoms with Crippen molar-refractivity contribution >= 4 is 45.2 Å². The number of benzene rings is 1. The number of carbonyl (C=O) groups is 1. The predicted octanol–water partition coefficient (Wildman–Crippen LogP) is 4.37. The summed E-state index contributed by atoms with van der Waals surface area (Å²) in [6.45, 7) is 0.723. The molecule has 100 valence electrons. The van der Waals surface area contributed by atoms with Gasteiger partial charge in [-0.25, -0.2) is 0 Å². The fraction of sp³-hybridized carbons (Fsp3) is 0.462. The minimum absolute atomic E-state index is 0.0609. The van der Waals surface area contributed by atoms with E-state index in [0.29, 0.717) is 10.6 Å². The Kier molecular flexibility index (Phi) is 7.79. The maximum atomic E-state index is 11.8. The summed E-state index contributed by atoms with van der Waals surface area (Å²) in [5, 5.41) is 3.46. The summed E-state index contributed by atoms with van der Waals surface area (Å²) >= 11 is 11.1. The summed E-state index contributed by atoms with van der Waals surface area (Å²) < 4.78 is 0.804. The third kappa shape index (κ3) is 5.63. The molecule has 2 nitrogen and oxygen atoms in total. The summed E-state index contributed by atoms with van der Waals surface area (Å²) in [4.78, 5) is 11.8. The van der Waals surface area contributed by atoms with E-state index in [0.717, 1.165) is 23.9 Å². The summed E-state index contributed by atoms with van der Waals surface area (Å²) in [5.41, 5.74) is 0.604. The lowest BCUT2D eigenvalue weighted by Crippen LogP contribution is -2.24. The molecule has 0 aromatic heterocycles. The van der Waals surface area contributed by atoms with Gasteiger partial charge in [0.1, 0.15) is 0 Å². The first-order valence-electron chi connectivity index (χ1n) is 5.87. The first-order chi connectivity index (χ1) is 8.65. The Morgan fingerprint density at radius 3 is 2.83 bits per heavy atom. The van der Waals surface area contributed by atoms with Gasteiger partial charge in [0.15, 0.2) is 0 Å². The second-order valence-electron chi connectivity index (χ2n) is 3.94. The lowest BCUT2D eigenvalue weighted by Gasteiger charge is -2.06. The monoisotopic (exact) mass is 349 g/mol.